The molecular weight excluding hydrogens is 540 g/mol. The number of rotatable bonds is 8. The van der Waals surface area contributed by atoms with Crippen LogP contribution in [0.5, 0.6) is 5.75 Å². The summed E-state index contributed by atoms with van der Waals surface area (Å²) in [5.74, 6) is 0.0467. The van der Waals surface area contributed by atoms with Gasteiger partial charge in [0.05, 0.1) is 12.8 Å². The number of halogens is 2. The average molecular weight is 572 g/mol. The van der Waals surface area contributed by atoms with Gasteiger partial charge in [-0.1, -0.05) is 12.1 Å². The number of nitrogens with zero attached hydrogens (tertiary/aromatic N) is 5. The van der Waals surface area contributed by atoms with E-state index in [-0.39, 0.29) is 30.4 Å². The molecule has 0 saturated carbocycles. The first kappa shape index (κ1) is 28.7. The largest absolute Gasteiger partial charge is 0.497 e. The maximum absolute atomic E-state index is 13.5. The Labute approximate surface area is 243 Å². The summed E-state index contributed by atoms with van der Waals surface area (Å²) in [5, 5.41) is 8.83. The van der Waals surface area contributed by atoms with Crippen molar-refractivity contribution in [1.29, 1.82) is 0 Å². The smallest absolute Gasteiger partial charge is 0.254 e. The van der Waals surface area contributed by atoms with Crippen LogP contribution >= 0.6 is 0 Å². The third-order valence-electron chi connectivity index (χ3n) is 7.20. The normalized spacial score (nSPS) is 13.4. The second-order valence-electron chi connectivity index (χ2n) is 10.0. The van der Waals surface area contributed by atoms with Crippen molar-refractivity contribution in [3.63, 3.8) is 0 Å². The molecule has 0 atom stereocenters. The molecule has 1 aromatic heterocycles. The zero-order chi connectivity index (χ0) is 29.5. The van der Waals surface area contributed by atoms with E-state index in [0.717, 1.165) is 29.2 Å². The molecule has 3 aromatic carbocycles. The van der Waals surface area contributed by atoms with Crippen LogP contribution in [0.25, 0.3) is 11.3 Å². The summed E-state index contributed by atoms with van der Waals surface area (Å²) in [6, 6.07) is 22.4. The van der Waals surface area contributed by atoms with Gasteiger partial charge in [-0.25, -0.2) is 8.78 Å². The van der Waals surface area contributed by atoms with Gasteiger partial charge in [-0.3, -0.25) is 9.59 Å². The molecule has 0 N–H and O–H groups in total. The molecule has 2 heterocycles. The summed E-state index contributed by atoms with van der Waals surface area (Å²) in [5.41, 5.74) is 2.63. The Hall–Kier alpha value is -4.86. The van der Waals surface area contributed by atoms with E-state index in [1.807, 2.05) is 36.4 Å². The minimum Gasteiger partial charge on any atom is -0.497 e. The third kappa shape index (κ3) is 7.06. The SMILES string of the molecule is COc1ccc(-c2ccc(N3CCCN(C(=O)CN(Cc4ccc(F)cc4)C(=O)c4ccc(F)cc4)CC3)nn2)cc1. The van der Waals surface area contributed by atoms with Crippen LogP contribution in [0.2, 0.25) is 0 Å². The number of amides is 2. The summed E-state index contributed by atoms with van der Waals surface area (Å²) in [7, 11) is 1.62. The predicted molar refractivity (Wildman–Crippen MR) is 155 cm³/mol. The monoisotopic (exact) mass is 571 g/mol. The van der Waals surface area contributed by atoms with Gasteiger partial charge in [0.1, 0.15) is 23.9 Å². The van der Waals surface area contributed by atoms with Crippen LogP contribution < -0.4 is 9.64 Å². The highest BCUT2D eigenvalue weighted by molar-refractivity contribution is 5.96. The Morgan fingerprint density at radius 3 is 2.14 bits per heavy atom. The third-order valence-corrected chi connectivity index (χ3v) is 7.20. The first-order valence-corrected chi connectivity index (χ1v) is 13.7. The number of carbonyl (C=O) groups excluding carboxylic acids is 2. The second kappa shape index (κ2) is 13.2. The number of hydrogen-bond acceptors (Lipinski definition) is 6. The fourth-order valence-corrected chi connectivity index (χ4v) is 4.85. The van der Waals surface area contributed by atoms with Crippen molar-refractivity contribution in [3.8, 4) is 17.0 Å². The lowest BCUT2D eigenvalue weighted by Crippen LogP contribution is -2.44. The molecule has 1 saturated heterocycles. The molecule has 0 unspecified atom stereocenters. The van der Waals surface area contributed by atoms with Crippen LogP contribution in [-0.2, 0) is 11.3 Å². The molecule has 42 heavy (non-hydrogen) atoms. The Kier molecular flexibility index (Phi) is 9.01. The van der Waals surface area contributed by atoms with Gasteiger partial charge in [-0.05, 0) is 84.8 Å². The lowest BCUT2D eigenvalue weighted by Gasteiger charge is -2.27. The van der Waals surface area contributed by atoms with E-state index in [2.05, 4.69) is 15.1 Å². The molecule has 1 aliphatic heterocycles. The number of carbonyl (C=O) groups is 2. The molecule has 2 amide bonds. The van der Waals surface area contributed by atoms with Crippen molar-refractivity contribution in [2.45, 2.75) is 13.0 Å². The highest BCUT2D eigenvalue weighted by atomic mass is 19.1. The number of methoxy groups -OCH3 is 1. The second-order valence-corrected chi connectivity index (χ2v) is 10.0. The highest BCUT2D eigenvalue weighted by Crippen LogP contribution is 2.22. The topological polar surface area (TPSA) is 78.9 Å². The number of aromatic nitrogens is 2. The zero-order valence-corrected chi connectivity index (χ0v) is 23.2. The van der Waals surface area contributed by atoms with Crippen LogP contribution in [0, 0.1) is 11.6 Å². The summed E-state index contributed by atoms with van der Waals surface area (Å²) < 4.78 is 32.1. The number of hydrogen-bond donors (Lipinski definition) is 0. The molecule has 0 aliphatic carbocycles. The fourth-order valence-electron chi connectivity index (χ4n) is 4.85. The van der Waals surface area contributed by atoms with Crippen molar-refractivity contribution in [2.24, 2.45) is 0 Å². The Bertz CT molecular complexity index is 1500. The van der Waals surface area contributed by atoms with Gasteiger partial charge in [0, 0.05) is 43.9 Å². The number of benzene rings is 3. The van der Waals surface area contributed by atoms with Gasteiger partial charge in [-0.15, -0.1) is 10.2 Å². The molecule has 0 radical (unpaired) electrons. The van der Waals surface area contributed by atoms with E-state index < -0.39 is 11.7 Å². The van der Waals surface area contributed by atoms with Crippen molar-refractivity contribution < 1.29 is 23.1 Å². The lowest BCUT2D eigenvalue weighted by molar-refractivity contribution is -0.131. The Morgan fingerprint density at radius 1 is 0.810 bits per heavy atom. The predicted octanol–water partition coefficient (Wildman–Crippen LogP) is 4.81. The molecule has 8 nitrogen and oxygen atoms in total. The number of anilines is 1. The van der Waals surface area contributed by atoms with E-state index >= 15 is 0 Å². The Balaban J connectivity index is 1.24. The minimum atomic E-state index is -0.457. The van der Waals surface area contributed by atoms with Crippen LogP contribution in [0.1, 0.15) is 22.3 Å². The van der Waals surface area contributed by atoms with Gasteiger partial charge in [0.25, 0.3) is 5.91 Å². The van der Waals surface area contributed by atoms with Gasteiger partial charge in [0.15, 0.2) is 5.82 Å². The van der Waals surface area contributed by atoms with Gasteiger partial charge in [-0.2, -0.15) is 0 Å². The van der Waals surface area contributed by atoms with E-state index in [1.54, 1.807) is 24.1 Å². The summed E-state index contributed by atoms with van der Waals surface area (Å²) >= 11 is 0. The molecule has 216 valence electrons. The number of ether oxygens (including phenoxy) is 1. The first-order valence-electron chi connectivity index (χ1n) is 13.7. The van der Waals surface area contributed by atoms with E-state index in [1.165, 1.54) is 41.3 Å². The van der Waals surface area contributed by atoms with Gasteiger partial charge >= 0.3 is 0 Å². The maximum Gasteiger partial charge on any atom is 0.254 e. The average Bonchev–Trinajstić information content (AvgIpc) is 3.29. The summed E-state index contributed by atoms with van der Waals surface area (Å²) in [6.07, 6.45) is 0.720. The molecule has 0 spiro atoms. The van der Waals surface area contributed by atoms with Crippen LogP contribution in [0.15, 0.2) is 84.9 Å². The maximum atomic E-state index is 13.5. The van der Waals surface area contributed by atoms with Crippen LogP contribution in [0.4, 0.5) is 14.6 Å². The van der Waals surface area contributed by atoms with Crippen molar-refractivity contribution in [2.75, 3.05) is 44.7 Å². The van der Waals surface area contributed by atoms with Gasteiger partial charge < -0.3 is 19.4 Å². The Morgan fingerprint density at radius 2 is 1.50 bits per heavy atom. The van der Waals surface area contributed by atoms with E-state index in [4.69, 9.17) is 4.74 Å². The minimum absolute atomic E-state index is 0.109. The standard InChI is InChI=1S/C32H31F2N5O3/c1-42-28-13-7-24(8-14-28)29-15-16-30(36-35-29)37-17-2-18-38(20-19-37)31(40)22-39(21-23-3-9-26(33)10-4-23)32(41)25-5-11-27(34)12-6-25/h3-16H,2,17-22H2,1H3. The molecule has 1 fully saturated rings. The molecule has 4 aromatic rings. The summed E-state index contributed by atoms with van der Waals surface area (Å²) in [4.78, 5) is 32.0. The molecule has 10 heteroatoms. The van der Waals surface area contributed by atoms with E-state index in [9.17, 15) is 18.4 Å². The van der Waals surface area contributed by atoms with Crippen LogP contribution in [-0.4, -0.2) is 71.6 Å². The molecule has 0 bridgehead atoms. The zero-order valence-electron chi connectivity index (χ0n) is 23.2. The lowest BCUT2D eigenvalue weighted by atomic mass is 10.1. The van der Waals surface area contributed by atoms with Crippen molar-refractivity contribution in [3.05, 3.63) is 108 Å². The molecule has 5 rings (SSSR count). The molecular formula is C32H31F2N5O3. The van der Waals surface area contributed by atoms with Crippen molar-refractivity contribution in [1.82, 2.24) is 20.0 Å². The highest BCUT2D eigenvalue weighted by Gasteiger charge is 2.25. The first-order chi connectivity index (χ1) is 20.4. The van der Waals surface area contributed by atoms with Gasteiger partial charge in [0.2, 0.25) is 5.91 Å². The summed E-state index contributed by atoms with van der Waals surface area (Å²) in [6.45, 7) is 2.19. The van der Waals surface area contributed by atoms with Crippen molar-refractivity contribution >= 4 is 17.6 Å². The fraction of sp³-hybridized carbons (Fsp3) is 0.250. The quantitative estimate of drug-likeness (QED) is 0.302. The molecule has 1 aliphatic rings. The van der Waals surface area contributed by atoms with Crippen LogP contribution in [0.3, 0.4) is 0 Å². The van der Waals surface area contributed by atoms with E-state index in [0.29, 0.717) is 31.7 Å².